The number of nitrogens with one attached hydrogen (secondary N) is 1. The van der Waals surface area contributed by atoms with Gasteiger partial charge in [0.25, 0.3) is 0 Å². The van der Waals surface area contributed by atoms with Gasteiger partial charge >= 0.3 is 0 Å². The Kier molecular flexibility index (Phi) is 7.94. The second-order valence-corrected chi connectivity index (χ2v) is 9.79. The molecule has 0 bridgehead atoms. The SMILES string of the molecule is CCC(CC1CC1)NCc1nnc(CN(C)C)n1-c1ccc(Cl)cc1C(=O)c1c(F)cccc1F. The average molecular weight is 502 g/mol. The van der Waals surface area contributed by atoms with Crippen LogP contribution in [0.3, 0.4) is 0 Å². The molecule has 1 saturated carbocycles. The number of hydrogen-bond donors (Lipinski definition) is 1. The molecule has 3 aromatic rings. The molecule has 0 aliphatic heterocycles. The minimum atomic E-state index is -0.925. The molecule has 0 saturated heterocycles. The Balaban J connectivity index is 1.76. The fourth-order valence-electron chi connectivity index (χ4n) is 4.25. The lowest BCUT2D eigenvalue weighted by Gasteiger charge is -2.19. The smallest absolute Gasteiger partial charge is 0.201 e. The van der Waals surface area contributed by atoms with Gasteiger partial charge < -0.3 is 10.2 Å². The zero-order valence-electron chi connectivity index (χ0n) is 20.2. The van der Waals surface area contributed by atoms with Crippen molar-refractivity contribution in [2.75, 3.05) is 14.1 Å². The first-order valence-corrected chi connectivity index (χ1v) is 12.3. The van der Waals surface area contributed by atoms with Gasteiger partial charge in [-0.25, -0.2) is 8.78 Å². The molecular formula is C26H30ClF2N5O. The molecule has 1 N–H and O–H groups in total. The molecule has 6 nitrogen and oxygen atoms in total. The van der Waals surface area contributed by atoms with Crippen molar-refractivity contribution in [2.24, 2.45) is 5.92 Å². The van der Waals surface area contributed by atoms with Gasteiger partial charge in [0.15, 0.2) is 11.6 Å². The van der Waals surface area contributed by atoms with Gasteiger partial charge in [0.1, 0.15) is 11.6 Å². The first-order valence-electron chi connectivity index (χ1n) is 11.9. The van der Waals surface area contributed by atoms with E-state index in [1.807, 2.05) is 19.0 Å². The fraction of sp³-hybridized carbons (Fsp3) is 0.423. The fourth-order valence-corrected chi connectivity index (χ4v) is 4.42. The summed E-state index contributed by atoms with van der Waals surface area (Å²) in [5.74, 6) is -0.641. The highest BCUT2D eigenvalue weighted by Gasteiger charge is 2.27. The molecule has 9 heteroatoms. The molecule has 2 aromatic carbocycles. The Morgan fingerprint density at radius 3 is 2.49 bits per heavy atom. The lowest BCUT2D eigenvalue weighted by Crippen LogP contribution is -2.30. The highest BCUT2D eigenvalue weighted by molar-refractivity contribution is 6.31. The van der Waals surface area contributed by atoms with Crippen LogP contribution in [0.15, 0.2) is 36.4 Å². The van der Waals surface area contributed by atoms with E-state index in [0.29, 0.717) is 36.5 Å². The van der Waals surface area contributed by atoms with E-state index in [4.69, 9.17) is 11.6 Å². The van der Waals surface area contributed by atoms with Crippen molar-refractivity contribution in [2.45, 2.75) is 51.7 Å². The van der Waals surface area contributed by atoms with Crippen LogP contribution < -0.4 is 5.32 Å². The number of carbonyl (C=O) groups is 1. The monoisotopic (exact) mass is 501 g/mol. The molecule has 0 amide bonds. The van der Waals surface area contributed by atoms with E-state index in [1.54, 1.807) is 16.7 Å². The van der Waals surface area contributed by atoms with Crippen LogP contribution in [-0.4, -0.2) is 45.6 Å². The summed E-state index contributed by atoms with van der Waals surface area (Å²) >= 11 is 6.23. The molecule has 4 rings (SSSR count). The third-order valence-electron chi connectivity index (χ3n) is 6.25. The highest BCUT2D eigenvalue weighted by atomic mass is 35.5. The van der Waals surface area contributed by atoms with Crippen LogP contribution in [0, 0.1) is 17.6 Å². The predicted octanol–water partition coefficient (Wildman–Crippen LogP) is 5.16. The molecule has 1 aliphatic carbocycles. The first-order chi connectivity index (χ1) is 16.8. The summed E-state index contributed by atoms with van der Waals surface area (Å²) in [4.78, 5) is 15.4. The van der Waals surface area contributed by atoms with E-state index in [0.717, 1.165) is 30.9 Å². The topological polar surface area (TPSA) is 63.1 Å². The summed E-state index contributed by atoms with van der Waals surface area (Å²) in [5.41, 5.74) is -0.114. The van der Waals surface area contributed by atoms with Crippen molar-refractivity contribution in [3.63, 3.8) is 0 Å². The van der Waals surface area contributed by atoms with E-state index in [9.17, 15) is 13.6 Å². The summed E-state index contributed by atoms with van der Waals surface area (Å²) in [7, 11) is 3.81. The molecule has 1 fully saturated rings. The summed E-state index contributed by atoms with van der Waals surface area (Å²) in [6.45, 7) is 3.05. The Bertz CT molecular complexity index is 1190. The number of hydrogen-bond acceptors (Lipinski definition) is 5. The van der Waals surface area contributed by atoms with Gasteiger partial charge in [-0.15, -0.1) is 10.2 Å². The van der Waals surface area contributed by atoms with Crippen LogP contribution in [0.5, 0.6) is 0 Å². The highest BCUT2D eigenvalue weighted by Crippen LogP contribution is 2.34. The van der Waals surface area contributed by atoms with Crippen LogP contribution in [0.4, 0.5) is 8.78 Å². The van der Waals surface area contributed by atoms with E-state index >= 15 is 0 Å². The molecule has 1 aliphatic rings. The van der Waals surface area contributed by atoms with E-state index in [2.05, 4.69) is 22.4 Å². The number of nitrogens with zero attached hydrogens (tertiary/aromatic N) is 4. The Morgan fingerprint density at radius 1 is 1.17 bits per heavy atom. The van der Waals surface area contributed by atoms with Gasteiger partial charge in [-0.05, 0) is 63.2 Å². The van der Waals surface area contributed by atoms with Crippen molar-refractivity contribution in [3.8, 4) is 5.69 Å². The summed E-state index contributed by atoms with van der Waals surface area (Å²) < 4.78 is 30.8. The Labute approximate surface area is 209 Å². The third kappa shape index (κ3) is 5.94. The van der Waals surface area contributed by atoms with E-state index < -0.39 is 23.0 Å². The van der Waals surface area contributed by atoms with Gasteiger partial charge in [0.2, 0.25) is 5.78 Å². The third-order valence-corrected chi connectivity index (χ3v) is 6.48. The minimum Gasteiger partial charge on any atom is -0.307 e. The quantitative estimate of drug-likeness (QED) is 0.368. The number of carbonyl (C=O) groups excluding carboxylic acids is 1. The molecule has 1 aromatic heterocycles. The zero-order valence-corrected chi connectivity index (χ0v) is 20.9. The zero-order chi connectivity index (χ0) is 25.1. The lowest BCUT2D eigenvalue weighted by atomic mass is 10.00. The molecule has 0 spiro atoms. The van der Waals surface area contributed by atoms with Gasteiger partial charge in [0, 0.05) is 16.6 Å². The lowest BCUT2D eigenvalue weighted by molar-refractivity contribution is 0.103. The first kappa shape index (κ1) is 25.4. The molecule has 186 valence electrons. The number of halogens is 3. The molecule has 0 radical (unpaired) electrons. The molecule has 1 atom stereocenters. The van der Waals surface area contributed by atoms with Crippen LogP contribution >= 0.6 is 11.6 Å². The Morgan fingerprint density at radius 2 is 1.86 bits per heavy atom. The molecule has 1 heterocycles. The van der Waals surface area contributed by atoms with Gasteiger partial charge in [-0.3, -0.25) is 9.36 Å². The van der Waals surface area contributed by atoms with Gasteiger partial charge in [-0.2, -0.15) is 0 Å². The second kappa shape index (κ2) is 10.9. The Hall–Kier alpha value is -2.68. The minimum absolute atomic E-state index is 0.0765. The van der Waals surface area contributed by atoms with E-state index in [-0.39, 0.29) is 10.6 Å². The largest absolute Gasteiger partial charge is 0.307 e. The second-order valence-electron chi connectivity index (χ2n) is 9.36. The van der Waals surface area contributed by atoms with Crippen molar-refractivity contribution in [3.05, 3.63) is 75.8 Å². The number of benzene rings is 2. The number of aromatic nitrogens is 3. The van der Waals surface area contributed by atoms with Crippen molar-refractivity contribution in [1.29, 1.82) is 0 Å². The standard InChI is InChI=1S/C26H30ClF2N5O/c1-4-18(12-16-8-9-16)30-14-23-31-32-24(15-33(2)3)34(23)22-11-10-17(27)13-19(22)26(35)25-20(28)6-5-7-21(25)29/h5-7,10-11,13,16,18,30H,4,8-9,12,14-15H2,1-3H3. The molecular weight excluding hydrogens is 472 g/mol. The summed E-state index contributed by atoms with van der Waals surface area (Å²) in [5, 5.41) is 12.6. The predicted molar refractivity (Wildman–Crippen MR) is 132 cm³/mol. The van der Waals surface area contributed by atoms with Crippen LogP contribution in [0.25, 0.3) is 5.69 Å². The number of ketones is 1. The van der Waals surface area contributed by atoms with Gasteiger partial charge in [0.05, 0.1) is 24.3 Å². The maximum absolute atomic E-state index is 14.5. The summed E-state index contributed by atoms with van der Waals surface area (Å²) in [6, 6.07) is 8.46. The van der Waals surface area contributed by atoms with Crippen LogP contribution in [0.2, 0.25) is 5.02 Å². The van der Waals surface area contributed by atoms with Crippen molar-refractivity contribution in [1.82, 2.24) is 25.0 Å². The van der Waals surface area contributed by atoms with E-state index in [1.165, 1.54) is 25.0 Å². The number of rotatable bonds is 11. The average Bonchev–Trinajstić information content (AvgIpc) is 3.55. The van der Waals surface area contributed by atoms with Crippen molar-refractivity contribution < 1.29 is 13.6 Å². The molecule has 1 unspecified atom stereocenters. The summed E-state index contributed by atoms with van der Waals surface area (Å²) in [6.07, 6.45) is 4.67. The maximum Gasteiger partial charge on any atom is 0.201 e. The maximum atomic E-state index is 14.5. The van der Waals surface area contributed by atoms with Crippen molar-refractivity contribution >= 4 is 17.4 Å². The normalized spacial score (nSPS) is 14.5. The van der Waals surface area contributed by atoms with Crippen LogP contribution in [0.1, 0.15) is 60.2 Å². The van der Waals surface area contributed by atoms with Crippen LogP contribution in [-0.2, 0) is 13.1 Å². The van der Waals surface area contributed by atoms with Gasteiger partial charge in [-0.1, -0.05) is 37.4 Å². The molecule has 35 heavy (non-hydrogen) atoms.